The van der Waals surface area contributed by atoms with Crippen LogP contribution in [-0.4, -0.2) is 40.8 Å². The Kier molecular flexibility index (Phi) is 7.84. The van der Waals surface area contributed by atoms with Crippen LogP contribution in [0.5, 0.6) is 0 Å². The zero-order valence-corrected chi connectivity index (χ0v) is 24.7. The number of aromatic nitrogens is 1. The summed E-state index contributed by atoms with van der Waals surface area (Å²) in [6.07, 6.45) is 6.20. The van der Waals surface area contributed by atoms with Crippen molar-refractivity contribution < 1.29 is 19.1 Å². The molecule has 2 aromatic carbocycles. The zero-order chi connectivity index (χ0) is 29.4. The summed E-state index contributed by atoms with van der Waals surface area (Å²) in [7, 11) is 0. The Bertz CT molecular complexity index is 1530. The normalized spacial score (nSPS) is 18.7. The standard InChI is InChI=1S/C35H39N3O4/c1-4-42-35(41)30-27(12-7-9-21(2)3)36-32-28-13-8-20-38(28)34(40)31(32)29(30)23-14-16-24(17-15-23)33(39)37-26-19-18-22-10-5-6-11-25(22)26/h5-6,10-11,14-17,21,26,28H,4,7-9,12-13,18-20H2,1-3H3,(H,37,39)/t26-,28+/m1/s1. The number of fused-ring (bicyclic) bond motifs is 4. The maximum atomic E-state index is 13.8. The molecule has 1 N–H and O–H groups in total. The van der Waals surface area contributed by atoms with Crippen LogP contribution < -0.4 is 5.32 Å². The van der Waals surface area contributed by atoms with E-state index in [1.807, 2.05) is 29.2 Å². The quantitative estimate of drug-likeness (QED) is 0.295. The molecular weight excluding hydrogens is 526 g/mol. The number of pyridine rings is 1. The molecule has 6 rings (SSSR count). The van der Waals surface area contributed by atoms with Crippen molar-refractivity contribution in [3.63, 3.8) is 0 Å². The number of carbonyl (C=O) groups is 3. The van der Waals surface area contributed by atoms with E-state index < -0.39 is 5.97 Å². The minimum Gasteiger partial charge on any atom is -0.462 e. The SMILES string of the molecule is CCOC(=O)c1c(CCCC(C)C)nc2c(c1-c1ccc(C(=O)N[C@@H]3CCc4ccccc43)cc1)C(=O)N1CCC[C@@H]21. The van der Waals surface area contributed by atoms with E-state index in [0.717, 1.165) is 49.8 Å². The molecule has 3 aliphatic rings. The highest BCUT2D eigenvalue weighted by Gasteiger charge is 2.44. The second-order valence-electron chi connectivity index (χ2n) is 12.1. The highest BCUT2D eigenvalue weighted by Crippen LogP contribution is 2.46. The largest absolute Gasteiger partial charge is 0.462 e. The van der Waals surface area contributed by atoms with E-state index in [1.54, 1.807) is 19.1 Å². The molecule has 0 radical (unpaired) electrons. The number of aryl methyl sites for hydroxylation is 2. The smallest absolute Gasteiger partial charge is 0.340 e. The highest BCUT2D eigenvalue weighted by atomic mass is 16.5. The van der Waals surface area contributed by atoms with Gasteiger partial charge in [-0.25, -0.2) is 4.79 Å². The minimum absolute atomic E-state index is 0.00765. The van der Waals surface area contributed by atoms with E-state index in [9.17, 15) is 14.4 Å². The van der Waals surface area contributed by atoms with E-state index in [4.69, 9.17) is 9.72 Å². The van der Waals surface area contributed by atoms with Crippen molar-refractivity contribution in [3.8, 4) is 11.1 Å². The van der Waals surface area contributed by atoms with Gasteiger partial charge in [0.05, 0.1) is 41.2 Å². The number of ether oxygens (including phenoxy) is 1. The molecule has 2 amide bonds. The molecule has 3 heterocycles. The van der Waals surface area contributed by atoms with Crippen LogP contribution in [0.3, 0.4) is 0 Å². The summed E-state index contributed by atoms with van der Waals surface area (Å²) in [5.74, 6) is -0.131. The molecule has 0 unspecified atom stereocenters. The number of rotatable bonds is 9. The van der Waals surface area contributed by atoms with Crippen molar-refractivity contribution in [3.05, 3.63) is 87.7 Å². The number of amides is 2. The second-order valence-corrected chi connectivity index (χ2v) is 12.1. The Morgan fingerprint density at radius 2 is 1.86 bits per heavy atom. The number of esters is 1. The third-order valence-electron chi connectivity index (χ3n) is 8.89. The molecule has 7 heteroatoms. The van der Waals surface area contributed by atoms with Gasteiger partial charge in [-0.05, 0) is 80.2 Å². The van der Waals surface area contributed by atoms with Crippen molar-refractivity contribution in [2.75, 3.05) is 13.2 Å². The topological polar surface area (TPSA) is 88.6 Å². The van der Waals surface area contributed by atoms with Crippen LogP contribution in [0.25, 0.3) is 11.1 Å². The summed E-state index contributed by atoms with van der Waals surface area (Å²) in [6, 6.07) is 15.5. The first kappa shape index (κ1) is 28.1. The average molecular weight is 566 g/mol. The van der Waals surface area contributed by atoms with Gasteiger partial charge < -0.3 is 15.0 Å². The van der Waals surface area contributed by atoms with Crippen molar-refractivity contribution in [2.24, 2.45) is 5.92 Å². The summed E-state index contributed by atoms with van der Waals surface area (Å²) >= 11 is 0. The van der Waals surface area contributed by atoms with Gasteiger partial charge in [-0.15, -0.1) is 0 Å². The molecule has 7 nitrogen and oxygen atoms in total. The first-order chi connectivity index (χ1) is 20.4. The van der Waals surface area contributed by atoms with Gasteiger partial charge in [0.2, 0.25) is 0 Å². The molecule has 0 bridgehead atoms. The van der Waals surface area contributed by atoms with Gasteiger partial charge in [-0.2, -0.15) is 0 Å². The van der Waals surface area contributed by atoms with Gasteiger partial charge >= 0.3 is 5.97 Å². The molecule has 1 saturated heterocycles. The first-order valence-electron chi connectivity index (χ1n) is 15.4. The fraction of sp³-hybridized carbons (Fsp3) is 0.429. The Morgan fingerprint density at radius 1 is 1.07 bits per heavy atom. The van der Waals surface area contributed by atoms with Crippen LogP contribution in [0.4, 0.5) is 0 Å². The van der Waals surface area contributed by atoms with E-state index in [0.29, 0.717) is 46.8 Å². The van der Waals surface area contributed by atoms with Crippen LogP contribution in [0.15, 0.2) is 48.5 Å². The predicted molar refractivity (Wildman–Crippen MR) is 161 cm³/mol. The number of hydrogen-bond donors (Lipinski definition) is 1. The summed E-state index contributed by atoms with van der Waals surface area (Å²) in [6.45, 7) is 7.08. The molecule has 42 heavy (non-hydrogen) atoms. The second kappa shape index (κ2) is 11.7. The van der Waals surface area contributed by atoms with Gasteiger partial charge in [0.15, 0.2) is 0 Å². The van der Waals surface area contributed by atoms with Crippen molar-refractivity contribution in [1.29, 1.82) is 0 Å². The van der Waals surface area contributed by atoms with Crippen molar-refractivity contribution >= 4 is 17.8 Å². The van der Waals surface area contributed by atoms with Gasteiger partial charge in [0, 0.05) is 17.7 Å². The molecule has 3 aromatic rings. The molecule has 1 aromatic heterocycles. The number of nitrogens with zero attached hydrogens (tertiary/aromatic N) is 2. The molecule has 2 atom stereocenters. The lowest BCUT2D eigenvalue weighted by Gasteiger charge is -2.19. The third kappa shape index (κ3) is 5.10. The van der Waals surface area contributed by atoms with Crippen LogP contribution in [-0.2, 0) is 17.6 Å². The van der Waals surface area contributed by atoms with E-state index in [-0.39, 0.29) is 30.5 Å². The monoisotopic (exact) mass is 565 g/mol. The number of carbonyl (C=O) groups excluding carboxylic acids is 3. The lowest BCUT2D eigenvalue weighted by molar-refractivity contribution is 0.0525. The van der Waals surface area contributed by atoms with Crippen LogP contribution in [0.2, 0.25) is 0 Å². The molecule has 1 fully saturated rings. The molecule has 0 spiro atoms. The third-order valence-corrected chi connectivity index (χ3v) is 8.89. The van der Waals surface area contributed by atoms with Gasteiger partial charge in [0.1, 0.15) is 0 Å². The van der Waals surface area contributed by atoms with Crippen LogP contribution >= 0.6 is 0 Å². The highest BCUT2D eigenvalue weighted by molar-refractivity contribution is 6.11. The molecule has 0 saturated carbocycles. The lowest BCUT2D eigenvalue weighted by atomic mass is 9.89. The Labute approximate surface area is 247 Å². The molecular formula is C35H39N3O4. The van der Waals surface area contributed by atoms with E-state index >= 15 is 0 Å². The Hall–Kier alpha value is -4.00. The van der Waals surface area contributed by atoms with Gasteiger partial charge in [0.25, 0.3) is 11.8 Å². The molecule has 1 aliphatic carbocycles. The summed E-state index contributed by atoms with van der Waals surface area (Å²) in [5, 5.41) is 3.19. The van der Waals surface area contributed by atoms with Gasteiger partial charge in [-0.3, -0.25) is 14.6 Å². The number of hydrogen-bond acceptors (Lipinski definition) is 5. The minimum atomic E-state index is -0.455. The van der Waals surface area contributed by atoms with Crippen LogP contribution in [0, 0.1) is 5.92 Å². The molecule has 2 aliphatic heterocycles. The Morgan fingerprint density at radius 3 is 2.62 bits per heavy atom. The number of benzene rings is 2. The summed E-state index contributed by atoms with van der Waals surface area (Å²) in [5.41, 5.74) is 6.68. The molecule has 218 valence electrons. The predicted octanol–water partition coefficient (Wildman–Crippen LogP) is 6.61. The average Bonchev–Trinajstić information content (AvgIpc) is 3.69. The zero-order valence-electron chi connectivity index (χ0n) is 24.7. The van der Waals surface area contributed by atoms with Crippen LogP contribution in [0.1, 0.15) is 119 Å². The fourth-order valence-corrected chi connectivity index (χ4v) is 6.86. The van der Waals surface area contributed by atoms with E-state index in [1.165, 1.54) is 11.1 Å². The summed E-state index contributed by atoms with van der Waals surface area (Å²) in [4.78, 5) is 47.5. The number of nitrogens with one attached hydrogen (secondary N) is 1. The maximum absolute atomic E-state index is 13.8. The van der Waals surface area contributed by atoms with Crippen molar-refractivity contribution in [1.82, 2.24) is 15.2 Å². The fourth-order valence-electron chi connectivity index (χ4n) is 6.86. The van der Waals surface area contributed by atoms with E-state index in [2.05, 4.69) is 31.3 Å². The Balaban J connectivity index is 1.38. The lowest BCUT2D eigenvalue weighted by Crippen LogP contribution is -2.27. The summed E-state index contributed by atoms with van der Waals surface area (Å²) < 4.78 is 5.54. The van der Waals surface area contributed by atoms with Gasteiger partial charge in [-0.1, -0.05) is 56.7 Å². The maximum Gasteiger partial charge on any atom is 0.340 e. The van der Waals surface area contributed by atoms with Crippen molar-refractivity contribution in [2.45, 2.75) is 77.8 Å². The first-order valence-corrected chi connectivity index (χ1v) is 15.4.